The van der Waals surface area contributed by atoms with Crippen LogP contribution in [-0.2, 0) is 6.42 Å². The predicted octanol–water partition coefficient (Wildman–Crippen LogP) is 3.59. The van der Waals surface area contributed by atoms with Gasteiger partial charge in [-0.05, 0) is 24.6 Å². The first-order valence-corrected chi connectivity index (χ1v) is 7.13. The molecular formula is C17H16N4O. The summed E-state index contributed by atoms with van der Waals surface area (Å²) >= 11 is 0. The van der Waals surface area contributed by atoms with E-state index in [-0.39, 0.29) is 6.03 Å². The van der Waals surface area contributed by atoms with Crippen molar-refractivity contribution in [2.75, 3.05) is 5.32 Å². The van der Waals surface area contributed by atoms with Gasteiger partial charge in [-0.2, -0.15) is 9.78 Å². The number of carbonyl (C=O) groups is 1. The van der Waals surface area contributed by atoms with Crippen LogP contribution in [-0.4, -0.2) is 20.8 Å². The highest BCUT2D eigenvalue weighted by Gasteiger charge is 2.15. The zero-order valence-corrected chi connectivity index (χ0v) is 12.2. The van der Waals surface area contributed by atoms with Gasteiger partial charge in [-0.3, -0.25) is 4.98 Å². The molecule has 1 amide bonds. The van der Waals surface area contributed by atoms with E-state index in [1.807, 2.05) is 43.3 Å². The van der Waals surface area contributed by atoms with Crippen LogP contribution in [0.5, 0.6) is 0 Å². The average Bonchev–Trinajstić information content (AvgIpc) is 3.01. The minimum Gasteiger partial charge on any atom is -0.305 e. The third kappa shape index (κ3) is 2.88. The molecule has 0 unspecified atom stereocenters. The number of amides is 1. The summed E-state index contributed by atoms with van der Waals surface area (Å²) in [7, 11) is 0. The van der Waals surface area contributed by atoms with Crippen LogP contribution in [0.1, 0.15) is 12.6 Å². The number of benzene rings is 1. The first-order chi connectivity index (χ1) is 10.8. The van der Waals surface area contributed by atoms with Crippen molar-refractivity contribution >= 4 is 11.7 Å². The van der Waals surface area contributed by atoms with E-state index in [0.717, 1.165) is 23.4 Å². The first kappa shape index (κ1) is 14.0. The van der Waals surface area contributed by atoms with E-state index in [0.29, 0.717) is 5.69 Å². The zero-order chi connectivity index (χ0) is 15.4. The van der Waals surface area contributed by atoms with E-state index >= 15 is 0 Å². The first-order valence-electron chi connectivity index (χ1n) is 7.13. The van der Waals surface area contributed by atoms with Crippen molar-refractivity contribution in [3.05, 3.63) is 66.6 Å². The van der Waals surface area contributed by atoms with Crippen LogP contribution in [0.3, 0.4) is 0 Å². The van der Waals surface area contributed by atoms with E-state index in [2.05, 4.69) is 15.4 Å². The number of hydrogen-bond acceptors (Lipinski definition) is 3. The lowest BCUT2D eigenvalue weighted by atomic mass is 10.1. The van der Waals surface area contributed by atoms with Crippen molar-refractivity contribution in [3.8, 4) is 11.3 Å². The van der Waals surface area contributed by atoms with Gasteiger partial charge in [-0.25, -0.2) is 4.79 Å². The molecule has 0 aliphatic rings. The molecule has 110 valence electrons. The van der Waals surface area contributed by atoms with Gasteiger partial charge < -0.3 is 5.32 Å². The summed E-state index contributed by atoms with van der Waals surface area (Å²) in [5, 5.41) is 7.19. The van der Waals surface area contributed by atoms with Gasteiger partial charge in [0.15, 0.2) is 0 Å². The molecule has 22 heavy (non-hydrogen) atoms. The van der Waals surface area contributed by atoms with E-state index in [1.54, 1.807) is 24.5 Å². The van der Waals surface area contributed by atoms with Crippen LogP contribution >= 0.6 is 0 Å². The van der Waals surface area contributed by atoms with E-state index in [9.17, 15) is 4.79 Å². The van der Waals surface area contributed by atoms with Crippen molar-refractivity contribution in [1.82, 2.24) is 14.8 Å². The topological polar surface area (TPSA) is 59.8 Å². The number of pyridine rings is 1. The molecule has 2 aromatic heterocycles. The molecule has 3 aromatic rings. The molecule has 0 bridgehead atoms. The predicted molar refractivity (Wildman–Crippen MR) is 85.7 cm³/mol. The monoisotopic (exact) mass is 292 g/mol. The Bertz CT molecular complexity index is 766. The van der Waals surface area contributed by atoms with Crippen LogP contribution in [0.15, 0.2) is 60.9 Å². The lowest BCUT2D eigenvalue weighted by Gasteiger charge is -2.08. The van der Waals surface area contributed by atoms with Crippen LogP contribution in [0.2, 0.25) is 0 Å². The lowest BCUT2D eigenvalue weighted by Crippen LogP contribution is -2.21. The highest BCUT2D eigenvalue weighted by Crippen LogP contribution is 2.21. The summed E-state index contributed by atoms with van der Waals surface area (Å²) in [6.45, 7) is 2.01. The van der Waals surface area contributed by atoms with E-state index < -0.39 is 0 Å². The van der Waals surface area contributed by atoms with E-state index in [1.165, 1.54) is 4.68 Å². The molecule has 0 spiro atoms. The Balaban J connectivity index is 1.96. The van der Waals surface area contributed by atoms with Crippen molar-refractivity contribution < 1.29 is 4.79 Å². The summed E-state index contributed by atoms with van der Waals surface area (Å²) in [6, 6.07) is 15.0. The standard InChI is InChI=1S/C17H16N4O/c1-2-14-11-16(13-7-4-3-5-8-13)21(20-14)17(22)19-15-9-6-10-18-12-15/h3-12H,2H2,1H3,(H,19,22). The van der Waals surface area contributed by atoms with Gasteiger partial charge in [0.25, 0.3) is 0 Å². The van der Waals surface area contributed by atoms with Crippen LogP contribution in [0.25, 0.3) is 11.3 Å². The highest BCUT2D eigenvalue weighted by atomic mass is 16.2. The van der Waals surface area contributed by atoms with Crippen molar-refractivity contribution in [1.29, 1.82) is 0 Å². The van der Waals surface area contributed by atoms with Gasteiger partial charge in [-0.15, -0.1) is 0 Å². The minimum absolute atomic E-state index is 0.299. The molecule has 0 radical (unpaired) electrons. The van der Waals surface area contributed by atoms with Crippen LogP contribution in [0, 0.1) is 0 Å². The smallest absolute Gasteiger partial charge is 0.305 e. The maximum Gasteiger partial charge on any atom is 0.347 e. The number of carbonyl (C=O) groups excluding carboxylic acids is 1. The van der Waals surface area contributed by atoms with Crippen molar-refractivity contribution in [2.24, 2.45) is 0 Å². The fourth-order valence-electron chi connectivity index (χ4n) is 2.19. The van der Waals surface area contributed by atoms with Gasteiger partial charge in [0.05, 0.1) is 23.3 Å². The Morgan fingerprint density at radius 2 is 2.00 bits per heavy atom. The largest absolute Gasteiger partial charge is 0.347 e. The Labute approximate surface area is 128 Å². The quantitative estimate of drug-likeness (QED) is 0.802. The number of aromatic nitrogens is 3. The van der Waals surface area contributed by atoms with Crippen molar-refractivity contribution in [3.63, 3.8) is 0 Å². The highest BCUT2D eigenvalue weighted by molar-refractivity contribution is 5.93. The molecule has 5 heteroatoms. The normalized spacial score (nSPS) is 10.4. The minimum atomic E-state index is -0.299. The molecule has 3 rings (SSSR count). The third-order valence-corrected chi connectivity index (χ3v) is 3.30. The summed E-state index contributed by atoms with van der Waals surface area (Å²) in [5.41, 5.74) is 3.25. The molecule has 0 aliphatic carbocycles. The molecule has 0 saturated carbocycles. The van der Waals surface area contributed by atoms with Gasteiger partial charge in [-0.1, -0.05) is 37.3 Å². The second-order valence-corrected chi connectivity index (χ2v) is 4.82. The molecule has 0 aliphatic heterocycles. The SMILES string of the molecule is CCc1cc(-c2ccccc2)n(C(=O)Nc2cccnc2)n1. The number of nitrogens with zero attached hydrogens (tertiary/aromatic N) is 3. The molecular weight excluding hydrogens is 276 g/mol. The summed E-state index contributed by atoms with van der Waals surface area (Å²) in [5.74, 6) is 0. The Morgan fingerprint density at radius 3 is 2.68 bits per heavy atom. The van der Waals surface area contributed by atoms with Crippen LogP contribution in [0.4, 0.5) is 10.5 Å². The lowest BCUT2D eigenvalue weighted by molar-refractivity contribution is 0.251. The molecule has 1 aromatic carbocycles. The molecule has 0 fully saturated rings. The van der Waals surface area contributed by atoms with Gasteiger partial charge in [0.1, 0.15) is 0 Å². The van der Waals surface area contributed by atoms with Gasteiger partial charge in [0.2, 0.25) is 0 Å². The number of aryl methyl sites for hydroxylation is 1. The summed E-state index contributed by atoms with van der Waals surface area (Å²) in [6.07, 6.45) is 4.03. The third-order valence-electron chi connectivity index (χ3n) is 3.30. The van der Waals surface area contributed by atoms with Gasteiger partial charge in [0, 0.05) is 11.8 Å². The fourth-order valence-corrected chi connectivity index (χ4v) is 2.19. The van der Waals surface area contributed by atoms with E-state index in [4.69, 9.17) is 0 Å². The molecule has 0 atom stereocenters. The number of nitrogens with one attached hydrogen (secondary N) is 1. The van der Waals surface area contributed by atoms with Gasteiger partial charge >= 0.3 is 6.03 Å². The summed E-state index contributed by atoms with van der Waals surface area (Å²) < 4.78 is 1.40. The number of rotatable bonds is 3. The molecule has 0 saturated heterocycles. The Kier molecular flexibility index (Phi) is 3.96. The maximum atomic E-state index is 12.5. The molecule has 1 N–H and O–H groups in total. The number of hydrogen-bond donors (Lipinski definition) is 1. The second-order valence-electron chi connectivity index (χ2n) is 4.82. The fraction of sp³-hybridized carbons (Fsp3) is 0.118. The Hall–Kier alpha value is -2.95. The average molecular weight is 292 g/mol. The molecule has 2 heterocycles. The Morgan fingerprint density at radius 1 is 1.18 bits per heavy atom. The summed E-state index contributed by atoms with van der Waals surface area (Å²) in [4.78, 5) is 16.5. The maximum absolute atomic E-state index is 12.5. The second kappa shape index (κ2) is 6.22. The zero-order valence-electron chi connectivity index (χ0n) is 12.2. The number of anilines is 1. The molecule has 5 nitrogen and oxygen atoms in total. The van der Waals surface area contributed by atoms with Crippen molar-refractivity contribution in [2.45, 2.75) is 13.3 Å². The van der Waals surface area contributed by atoms with Crippen LogP contribution < -0.4 is 5.32 Å².